The zero-order valence-corrected chi connectivity index (χ0v) is 14.9. The summed E-state index contributed by atoms with van der Waals surface area (Å²) in [6, 6.07) is 10.2. The van der Waals surface area contributed by atoms with Gasteiger partial charge in [-0.1, -0.05) is 29.8 Å². The van der Waals surface area contributed by atoms with Crippen LogP contribution in [-0.2, 0) is 13.1 Å². The fourth-order valence-electron chi connectivity index (χ4n) is 2.82. The molecule has 0 aliphatic carbocycles. The molecule has 3 heterocycles. The van der Waals surface area contributed by atoms with E-state index in [1.54, 1.807) is 42.6 Å². The highest BCUT2D eigenvalue weighted by molar-refractivity contribution is 5.72. The Morgan fingerprint density at radius 1 is 1.14 bits per heavy atom. The quantitative estimate of drug-likeness (QED) is 0.525. The van der Waals surface area contributed by atoms with Gasteiger partial charge in [0, 0.05) is 6.20 Å². The van der Waals surface area contributed by atoms with Crippen LogP contribution in [0.4, 0.5) is 4.39 Å². The third-order valence-electron chi connectivity index (χ3n) is 4.32. The molecule has 142 valence electrons. The van der Waals surface area contributed by atoms with E-state index in [4.69, 9.17) is 4.42 Å². The number of hydrogen-bond acceptors (Lipinski definition) is 6. The van der Waals surface area contributed by atoms with Crippen LogP contribution in [0.5, 0.6) is 0 Å². The monoisotopic (exact) mass is 381 g/mol. The molecule has 0 N–H and O–H groups in total. The second-order valence-electron chi connectivity index (χ2n) is 6.37. The number of pyridine rings is 1. The molecule has 4 rings (SSSR count). The van der Waals surface area contributed by atoms with E-state index in [9.17, 15) is 14.0 Å². The minimum atomic E-state index is -1.41. The minimum Gasteiger partial charge on any atom is -0.390 e. The summed E-state index contributed by atoms with van der Waals surface area (Å²) in [5, 5.41) is 4.35. The molecule has 0 radical (unpaired) electrons. The van der Waals surface area contributed by atoms with E-state index < -0.39 is 11.9 Å². The molecule has 9 heteroatoms. The first-order chi connectivity index (χ1) is 13.5. The fourth-order valence-corrected chi connectivity index (χ4v) is 2.82. The van der Waals surface area contributed by atoms with Crippen LogP contribution in [0.25, 0.3) is 11.0 Å². The number of nitrogens with zero attached hydrogens (tertiary/aromatic N) is 5. The maximum Gasteiger partial charge on any atom is 0.437 e. The van der Waals surface area contributed by atoms with Crippen molar-refractivity contribution in [2.75, 3.05) is 0 Å². The van der Waals surface area contributed by atoms with Gasteiger partial charge in [-0.05, 0) is 24.6 Å². The summed E-state index contributed by atoms with van der Waals surface area (Å²) in [5.74, 6) is -0.790. The smallest absolute Gasteiger partial charge is 0.390 e. The molecule has 1 atom stereocenters. The van der Waals surface area contributed by atoms with E-state index in [1.165, 1.54) is 10.9 Å². The maximum absolute atomic E-state index is 14.5. The Balaban J connectivity index is 1.56. The minimum absolute atomic E-state index is 0.00625. The van der Waals surface area contributed by atoms with Crippen LogP contribution in [0, 0.1) is 6.92 Å². The zero-order valence-electron chi connectivity index (χ0n) is 14.9. The number of aryl methyl sites for hydroxylation is 1. The molecule has 0 unspecified atom stereocenters. The van der Waals surface area contributed by atoms with Crippen LogP contribution in [0.3, 0.4) is 0 Å². The largest absolute Gasteiger partial charge is 0.437 e. The Bertz CT molecular complexity index is 1240. The second kappa shape index (κ2) is 7.18. The van der Waals surface area contributed by atoms with Crippen molar-refractivity contribution in [1.82, 2.24) is 24.3 Å². The number of hydrogen-bond donors (Lipinski definition) is 0. The summed E-state index contributed by atoms with van der Waals surface area (Å²) < 4.78 is 21.7. The Morgan fingerprint density at radius 2 is 1.93 bits per heavy atom. The summed E-state index contributed by atoms with van der Waals surface area (Å²) in [4.78, 5) is 32.6. The van der Waals surface area contributed by atoms with E-state index in [1.807, 2.05) is 6.92 Å². The molecule has 0 fully saturated rings. The molecule has 0 saturated heterocycles. The third-order valence-corrected chi connectivity index (χ3v) is 4.32. The van der Waals surface area contributed by atoms with Crippen molar-refractivity contribution in [3.05, 3.63) is 86.8 Å². The summed E-state index contributed by atoms with van der Waals surface area (Å²) in [6.07, 6.45) is 1.44. The SMILES string of the molecule is Cc1ccc([C@@H](F)Cn2nc(Cn3cnc4ncccc4c3=O)oc2=O)cc1. The van der Waals surface area contributed by atoms with Crippen LogP contribution < -0.4 is 11.3 Å². The Morgan fingerprint density at radius 3 is 2.71 bits per heavy atom. The number of halogens is 1. The van der Waals surface area contributed by atoms with Gasteiger partial charge in [0.05, 0.1) is 11.9 Å². The van der Waals surface area contributed by atoms with Crippen molar-refractivity contribution < 1.29 is 8.81 Å². The topological polar surface area (TPSA) is 95.8 Å². The average molecular weight is 381 g/mol. The Labute approximate surface area is 157 Å². The van der Waals surface area contributed by atoms with Crippen molar-refractivity contribution >= 4 is 11.0 Å². The molecule has 0 bridgehead atoms. The summed E-state index contributed by atoms with van der Waals surface area (Å²) in [5.41, 5.74) is 1.46. The van der Waals surface area contributed by atoms with E-state index in [2.05, 4.69) is 15.1 Å². The van der Waals surface area contributed by atoms with E-state index in [0.717, 1.165) is 10.2 Å². The molecule has 28 heavy (non-hydrogen) atoms. The van der Waals surface area contributed by atoms with Gasteiger partial charge >= 0.3 is 5.76 Å². The van der Waals surface area contributed by atoms with Crippen molar-refractivity contribution in [3.63, 3.8) is 0 Å². The molecule has 0 saturated carbocycles. The van der Waals surface area contributed by atoms with E-state index in [-0.39, 0.29) is 24.5 Å². The van der Waals surface area contributed by atoms with Gasteiger partial charge in [0.15, 0.2) is 5.65 Å². The molecule has 4 aromatic rings. The molecule has 0 aliphatic rings. The normalized spacial score (nSPS) is 12.4. The second-order valence-corrected chi connectivity index (χ2v) is 6.37. The molecule has 8 nitrogen and oxygen atoms in total. The number of alkyl halides is 1. The van der Waals surface area contributed by atoms with Gasteiger partial charge in [-0.15, -0.1) is 5.10 Å². The molecule has 1 aromatic carbocycles. The number of benzene rings is 1. The molecule has 0 amide bonds. The summed E-state index contributed by atoms with van der Waals surface area (Å²) >= 11 is 0. The van der Waals surface area contributed by atoms with Crippen LogP contribution in [0.2, 0.25) is 0 Å². The highest BCUT2D eigenvalue weighted by Gasteiger charge is 2.16. The highest BCUT2D eigenvalue weighted by atomic mass is 19.1. The number of aromatic nitrogens is 5. The highest BCUT2D eigenvalue weighted by Crippen LogP contribution is 2.19. The lowest BCUT2D eigenvalue weighted by Crippen LogP contribution is -2.22. The Hall–Kier alpha value is -3.62. The Kier molecular flexibility index (Phi) is 4.56. The van der Waals surface area contributed by atoms with E-state index in [0.29, 0.717) is 16.6 Å². The first-order valence-electron chi connectivity index (χ1n) is 8.59. The standard InChI is InChI=1S/C19H16FN5O3/c1-12-4-6-13(7-5-12)15(20)9-25-19(27)28-16(23-25)10-24-11-22-17-14(18(24)26)3-2-8-21-17/h2-8,11,15H,9-10H2,1H3/t15-/m0/s1. The maximum atomic E-state index is 14.5. The zero-order chi connectivity index (χ0) is 19.7. The van der Waals surface area contributed by atoms with Gasteiger partial charge in [0.2, 0.25) is 5.89 Å². The predicted molar refractivity (Wildman–Crippen MR) is 98.7 cm³/mol. The van der Waals surface area contributed by atoms with Gasteiger partial charge < -0.3 is 4.42 Å². The molecular weight excluding hydrogens is 365 g/mol. The first-order valence-corrected chi connectivity index (χ1v) is 8.59. The molecule has 0 spiro atoms. The van der Waals surface area contributed by atoms with Crippen LogP contribution in [-0.4, -0.2) is 24.3 Å². The van der Waals surface area contributed by atoms with Crippen molar-refractivity contribution in [2.24, 2.45) is 0 Å². The summed E-state index contributed by atoms with van der Waals surface area (Å²) in [7, 11) is 0. The lowest BCUT2D eigenvalue weighted by molar-refractivity contribution is 0.283. The fraction of sp³-hybridized carbons (Fsp3) is 0.211. The van der Waals surface area contributed by atoms with Crippen LogP contribution in [0.15, 0.2) is 62.9 Å². The van der Waals surface area contributed by atoms with Gasteiger partial charge in [-0.2, -0.15) is 4.68 Å². The van der Waals surface area contributed by atoms with Crippen LogP contribution >= 0.6 is 0 Å². The lowest BCUT2D eigenvalue weighted by Gasteiger charge is -2.07. The van der Waals surface area contributed by atoms with Crippen LogP contribution in [0.1, 0.15) is 23.2 Å². The van der Waals surface area contributed by atoms with E-state index >= 15 is 0 Å². The number of fused-ring (bicyclic) bond motifs is 1. The number of rotatable bonds is 5. The van der Waals surface area contributed by atoms with Gasteiger partial charge in [0.25, 0.3) is 5.56 Å². The molecule has 0 aliphatic heterocycles. The molecular formula is C19H16FN5O3. The molecule has 3 aromatic heterocycles. The first kappa shape index (κ1) is 17.8. The van der Waals surface area contributed by atoms with Gasteiger partial charge in [-0.3, -0.25) is 9.36 Å². The van der Waals surface area contributed by atoms with Gasteiger partial charge in [0.1, 0.15) is 19.0 Å². The third kappa shape index (κ3) is 3.46. The van der Waals surface area contributed by atoms with Gasteiger partial charge in [-0.25, -0.2) is 19.2 Å². The van der Waals surface area contributed by atoms with Crippen molar-refractivity contribution in [3.8, 4) is 0 Å². The predicted octanol–water partition coefficient (Wildman–Crippen LogP) is 2.01. The average Bonchev–Trinajstić information content (AvgIpc) is 3.03. The summed E-state index contributed by atoms with van der Waals surface area (Å²) in [6.45, 7) is 1.53. The lowest BCUT2D eigenvalue weighted by atomic mass is 10.1. The van der Waals surface area contributed by atoms with Crippen molar-refractivity contribution in [2.45, 2.75) is 26.2 Å². The van der Waals surface area contributed by atoms with Crippen molar-refractivity contribution in [1.29, 1.82) is 0 Å².